The summed E-state index contributed by atoms with van der Waals surface area (Å²) in [6.45, 7) is 3.30. The summed E-state index contributed by atoms with van der Waals surface area (Å²) >= 11 is 0. The van der Waals surface area contributed by atoms with Gasteiger partial charge in [0.05, 0.1) is 12.2 Å². The second-order valence-electron chi connectivity index (χ2n) is 5.40. The average molecular weight is 382 g/mol. The summed E-state index contributed by atoms with van der Waals surface area (Å²) in [6, 6.07) is 7.08. The minimum absolute atomic E-state index is 0.0399. The molecular formula is C18H17F3N2O4. The molecule has 1 aromatic heterocycles. The maximum atomic E-state index is 12.7. The van der Waals surface area contributed by atoms with Gasteiger partial charge in [-0.1, -0.05) is 6.07 Å². The Balaban J connectivity index is 2.05. The topological polar surface area (TPSA) is 77.5 Å². The van der Waals surface area contributed by atoms with E-state index in [-0.39, 0.29) is 23.7 Å². The highest BCUT2D eigenvalue weighted by atomic mass is 19.4. The summed E-state index contributed by atoms with van der Waals surface area (Å²) in [5, 5.41) is 2.29. The molecule has 0 fully saturated rings. The van der Waals surface area contributed by atoms with Crippen LogP contribution in [0.1, 0.15) is 29.8 Å². The van der Waals surface area contributed by atoms with Crippen molar-refractivity contribution >= 4 is 17.6 Å². The highest BCUT2D eigenvalue weighted by Gasteiger charge is 2.30. The highest BCUT2D eigenvalue weighted by molar-refractivity contribution is 5.98. The van der Waals surface area contributed by atoms with Crippen LogP contribution in [0.2, 0.25) is 0 Å². The first-order chi connectivity index (χ1) is 12.7. The number of pyridine rings is 1. The lowest BCUT2D eigenvalue weighted by atomic mass is 10.2. The van der Waals surface area contributed by atoms with Crippen LogP contribution in [0.3, 0.4) is 0 Å². The summed E-state index contributed by atoms with van der Waals surface area (Å²) in [5.74, 6) is -1.54. The first-order valence-electron chi connectivity index (χ1n) is 7.99. The number of alkyl halides is 3. The van der Waals surface area contributed by atoms with Crippen LogP contribution in [-0.2, 0) is 15.7 Å². The van der Waals surface area contributed by atoms with Gasteiger partial charge in [0.1, 0.15) is 5.56 Å². The van der Waals surface area contributed by atoms with Crippen molar-refractivity contribution in [2.24, 2.45) is 0 Å². The van der Waals surface area contributed by atoms with Gasteiger partial charge in [-0.25, -0.2) is 9.78 Å². The molecular weight excluding hydrogens is 365 g/mol. The molecule has 0 bridgehead atoms. The molecule has 0 radical (unpaired) electrons. The molecule has 1 aromatic carbocycles. The largest absolute Gasteiger partial charge is 0.477 e. The number of halogens is 3. The summed E-state index contributed by atoms with van der Waals surface area (Å²) in [4.78, 5) is 28.3. The Bertz CT molecular complexity index is 824. The second kappa shape index (κ2) is 8.52. The zero-order chi connectivity index (χ0) is 20.0. The standard InChI is InChI=1S/C18H17F3N2O4/c1-3-26-16-14(8-5-9-22-16)17(25)27-11(2)15(24)23-13-7-4-6-12(10-13)18(19,20)21/h4-11H,3H2,1-2H3,(H,23,24)/t11-/m0/s1. The first kappa shape index (κ1) is 20.2. The van der Waals surface area contributed by atoms with E-state index in [4.69, 9.17) is 9.47 Å². The molecule has 2 rings (SSSR count). The molecule has 0 aliphatic carbocycles. The van der Waals surface area contributed by atoms with E-state index in [1.807, 2.05) is 0 Å². The van der Waals surface area contributed by atoms with Crippen molar-refractivity contribution in [2.45, 2.75) is 26.1 Å². The number of benzene rings is 1. The summed E-state index contributed by atoms with van der Waals surface area (Å²) in [5.41, 5.74) is -0.922. The maximum Gasteiger partial charge on any atom is 0.416 e. The van der Waals surface area contributed by atoms with E-state index < -0.39 is 29.7 Å². The van der Waals surface area contributed by atoms with Crippen LogP contribution < -0.4 is 10.1 Å². The number of aromatic nitrogens is 1. The Morgan fingerprint density at radius 3 is 2.63 bits per heavy atom. The van der Waals surface area contributed by atoms with Gasteiger partial charge in [-0.3, -0.25) is 4.79 Å². The van der Waals surface area contributed by atoms with Gasteiger partial charge in [0.25, 0.3) is 5.91 Å². The van der Waals surface area contributed by atoms with Crippen LogP contribution in [0.15, 0.2) is 42.6 Å². The second-order valence-corrected chi connectivity index (χ2v) is 5.40. The Hall–Kier alpha value is -3.10. The molecule has 0 unspecified atom stereocenters. The normalized spacial score (nSPS) is 12.2. The van der Waals surface area contributed by atoms with Gasteiger partial charge in [-0.2, -0.15) is 13.2 Å². The van der Waals surface area contributed by atoms with Gasteiger partial charge in [0.15, 0.2) is 6.10 Å². The molecule has 0 saturated carbocycles. The van der Waals surface area contributed by atoms with Crippen molar-refractivity contribution in [3.8, 4) is 5.88 Å². The number of carbonyl (C=O) groups is 2. The molecule has 0 saturated heterocycles. The SMILES string of the molecule is CCOc1ncccc1C(=O)O[C@@H](C)C(=O)Nc1cccc(C(F)(F)F)c1. The van der Waals surface area contributed by atoms with Crippen molar-refractivity contribution in [1.82, 2.24) is 4.98 Å². The molecule has 0 aliphatic heterocycles. The van der Waals surface area contributed by atoms with Crippen LogP contribution in [0.25, 0.3) is 0 Å². The number of nitrogens with one attached hydrogen (secondary N) is 1. The third-order valence-electron chi connectivity index (χ3n) is 3.38. The van der Waals surface area contributed by atoms with Crippen LogP contribution in [-0.4, -0.2) is 29.6 Å². The van der Waals surface area contributed by atoms with Crippen molar-refractivity contribution in [2.75, 3.05) is 11.9 Å². The number of esters is 1. The van der Waals surface area contributed by atoms with E-state index in [9.17, 15) is 22.8 Å². The number of hydrogen-bond acceptors (Lipinski definition) is 5. The van der Waals surface area contributed by atoms with Crippen LogP contribution >= 0.6 is 0 Å². The van der Waals surface area contributed by atoms with Crippen LogP contribution in [0.5, 0.6) is 5.88 Å². The lowest BCUT2D eigenvalue weighted by Gasteiger charge is -2.15. The van der Waals surface area contributed by atoms with E-state index >= 15 is 0 Å². The third kappa shape index (κ3) is 5.44. The minimum atomic E-state index is -4.53. The predicted molar refractivity (Wildman–Crippen MR) is 90.4 cm³/mol. The molecule has 9 heteroatoms. The quantitative estimate of drug-likeness (QED) is 0.771. The monoisotopic (exact) mass is 382 g/mol. The van der Waals surface area contributed by atoms with Crippen molar-refractivity contribution in [1.29, 1.82) is 0 Å². The van der Waals surface area contributed by atoms with Crippen molar-refractivity contribution in [3.63, 3.8) is 0 Å². The van der Waals surface area contributed by atoms with E-state index in [1.54, 1.807) is 6.92 Å². The number of hydrogen-bond donors (Lipinski definition) is 1. The zero-order valence-electron chi connectivity index (χ0n) is 14.5. The Labute approximate surface area is 153 Å². The highest BCUT2D eigenvalue weighted by Crippen LogP contribution is 2.30. The molecule has 144 valence electrons. The number of nitrogens with zero attached hydrogens (tertiary/aromatic N) is 1. The average Bonchev–Trinajstić information content (AvgIpc) is 2.61. The third-order valence-corrected chi connectivity index (χ3v) is 3.38. The molecule has 2 aromatic rings. The van der Waals surface area contributed by atoms with E-state index in [0.717, 1.165) is 12.1 Å². The number of rotatable bonds is 6. The van der Waals surface area contributed by atoms with Crippen molar-refractivity contribution in [3.05, 3.63) is 53.7 Å². The van der Waals surface area contributed by atoms with E-state index in [0.29, 0.717) is 0 Å². The molecule has 0 spiro atoms. The smallest absolute Gasteiger partial charge is 0.416 e. The van der Waals surface area contributed by atoms with Gasteiger partial charge in [0, 0.05) is 11.9 Å². The number of ether oxygens (including phenoxy) is 2. The molecule has 0 aliphatic rings. The Morgan fingerprint density at radius 1 is 1.22 bits per heavy atom. The van der Waals surface area contributed by atoms with E-state index in [1.165, 1.54) is 37.4 Å². The zero-order valence-corrected chi connectivity index (χ0v) is 14.5. The maximum absolute atomic E-state index is 12.7. The molecule has 6 nitrogen and oxygen atoms in total. The molecule has 1 heterocycles. The lowest BCUT2D eigenvalue weighted by Crippen LogP contribution is -2.30. The van der Waals surface area contributed by atoms with E-state index in [2.05, 4.69) is 10.3 Å². The van der Waals surface area contributed by atoms with Gasteiger partial charge in [0.2, 0.25) is 5.88 Å². The molecule has 1 amide bonds. The first-order valence-corrected chi connectivity index (χ1v) is 7.99. The summed E-state index contributed by atoms with van der Waals surface area (Å²) in [7, 11) is 0. The molecule has 1 atom stereocenters. The Morgan fingerprint density at radius 2 is 1.96 bits per heavy atom. The lowest BCUT2D eigenvalue weighted by molar-refractivity contribution is -0.137. The summed E-state index contributed by atoms with van der Waals surface area (Å²) < 4.78 is 48.5. The van der Waals surface area contributed by atoms with Crippen LogP contribution in [0, 0.1) is 0 Å². The van der Waals surface area contributed by atoms with Gasteiger partial charge >= 0.3 is 12.1 Å². The molecule has 27 heavy (non-hydrogen) atoms. The fourth-order valence-electron chi connectivity index (χ4n) is 2.09. The molecule has 1 N–H and O–H groups in total. The number of carbonyl (C=O) groups excluding carboxylic acids is 2. The predicted octanol–water partition coefficient (Wildman–Crippen LogP) is 3.68. The number of anilines is 1. The van der Waals surface area contributed by atoms with Gasteiger partial charge in [-0.05, 0) is 44.2 Å². The van der Waals surface area contributed by atoms with Gasteiger partial charge < -0.3 is 14.8 Å². The van der Waals surface area contributed by atoms with Crippen molar-refractivity contribution < 1.29 is 32.2 Å². The fraction of sp³-hybridized carbons (Fsp3) is 0.278. The fourth-order valence-corrected chi connectivity index (χ4v) is 2.09. The Kier molecular flexibility index (Phi) is 6.38. The summed E-state index contributed by atoms with van der Waals surface area (Å²) in [6.07, 6.45) is -4.35. The van der Waals surface area contributed by atoms with Crippen LogP contribution in [0.4, 0.5) is 18.9 Å². The van der Waals surface area contributed by atoms with Gasteiger partial charge in [-0.15, -0.1) is 0 Å². The minimum Gasteiger partial charge on any atom is -0.477 e. The number of amides is 1.